The monoisotopic (exact) mass is 311 g/mol. The smallest absolute Gasteiger partial charge is 0.224 e. The molecule has 0 aromatic carbocycles. The zero-order chi connectivity index (χ0) is 15.6. The van der Waals surface area contributed by atoms with Crippen molar-refractivity contribution in [3.05, 3.63) is 36.3 Å². The van der Waals surface area contributed by atoms with Crippen molar-refractivity contribution in [1.29, 1.82) is 0 Å². The summed E-state index contributed by atoms with van der Waals surface area (Å²) in [4.78, 5) is 12.5. The first kappa shape index (κ1) is 13.9. The van der Waals surface area contributed by atoms with Gasteiger partial charge in [0.25, 0.3) is 0 Å². The number of aromatic nitrogens is 5. The lowest BCUT2D eigenvalue weighted by molar-refractivity contribution is 0.185. The second kappa shape index (κ2) is 5.81. The number of aromatic amines is 1. The first-order valence-corrected chi connectivity index (χ1v) is 7.49. The number of pyridine rings is 1. The number of ether oxygens (including phenoxy) is 1. The Labute approximate surface area is 132 Å². The molecule has 1 fully saturated rings. The molecule has 0 spiro atoms. The summed E-state index contributed by atoms with van der Waals surface area (Å²) in [6.07, 6.45) is 6.25. The van der Waals surface area contributed by atoms with Crippen LogP contribution in [0.15, 0.2) is 30.7 Å². The van der Waals surface area contributed by atoms with Crippen LogP contribution in [-0.2, 0) is 11.2 Å². The maximum atomic E-state index is 5.77. The average molecular weight is 311 g/mol. The lowest BCUT2D eigenvalue weighted by Gasteiger charge is -2.20. The molecule has 4 rings (SSSR count). The molecule has 23 heavy (non-hydrogen) atoms. The molecule has 1 aliphatic heterocycles. The Morgan fingerprint density at radius 1 is 1.26 bits per heavy atom. The van der Waals surface area contributed by atoms with Crippen molar-refractivity contribution in [3.8, 4) is 0 Å². The van der Waals surface area contributed by atoms with Crippen LogP contribution >= 0.6 is 0 Å². The van der Waals surface area contributed by atoms with Crippen LogP contribution in [0.2, 0.25) is 0 Å². The van der Waals surface area contributed by atoms with Crippen molar-refractivity contribution < 1.29 is 4.74 Å². The normalized spacial score (nSPS) is 20.9. The zero-order valence-electron chi connectivity index (χ0n) is 12.4. The summed E-state index contributed by atoms with van der Waals surface area (Å²) in [7, 11) is 0. The second-order valence-electron chi connectivity index (χ2n) is 5.67. The minimum atomic E-state index is 0.163. The Balaban J connectivity index is 1.56. The quantitative estimate of drug-likeness (QED) is 0.658. The van der Waals surface area contributed by atoms with Gasteiger partial charge < -0.3 is 15.8 Å². The van der Waals surface area contributed by atoms with Crippen molar-refractivity contribution >= 4 is 22.8 Å². The summed E-state index contributed by atoms with van der Waals surface area (Å²) in [6, 6.07) is 4.23. The number of hydrogen-bond donors (Lipinski definition) is 3. The molecule has 4 N–H and O–H groups in total. The molecular formula is C15H17N7O. The largest absolute Gasteiger partial charge is 0.379 e. The fourth-order valence-corrected chi connectivity index (χ4v) is 2.92. The lowest BCUT2D eigenvalue weighted by atomic mass is 9.95. The van der Waals surface area contributed by atoms with E-state index in [0.29, 0.717) is 24.0 Å². The standard InChI is InChI=1S/C15H17N7O/c16-15-20-13(11-6-18-22-14(11)21-15)19-12-8-23-7-10(12)5-9-1-3-17-4-2-9/h1-4,6,10,12H,5,7-8H2,(H4,16,18,19,20,21,22)/t10-,12-/m1/s1. The predicted molar refractivity (Wildman–Crippen MR) is 85.8 cm³/mol. The molecule has 0 unspecified atom stereocenters. The van der Waals surface area contributed by atoms with Crippen molar-refractivity contribution in [2.75, 3.05) is 24.3 Å². The molecule has 0 bridgehead atoms. The third-order valence-electron chi connectivity index (χ3n) is 4.09. The van der Waals surface area contributed by atoms with Crippen molar-refractivity contribution in [1.82, 2.24) is 25.1 Å². The SMILES string of the molecule is Nc1nc(N[C@@H]2COC[C@H]2Cc2ccncc2)c2cn[nH]c2n1. The molecule has 0 amide bonds. The summed E-state index contributed by atoms with van der Waals surface area (Å²) < 4.78 is 5.66. The van der Waals surface area contributed by atoms with Gasteiger partial charge in [-0.15, -0.1) is 0 Å². The maximum absolute atomic E-state index is 5.77. The average Bonchev–Trinajstić information content (AvgIpc) is 3.18. The molecule has 8 heteroatoms. The van der Waals surface area contributed by atoms with E-state index in [9.17, 15) is 0 Å². The maximum Gasteiger partial charge on any atom is 0.224 e. The number of anilines is 2. The lowest BCUT2D eigenvalue weighted by Crippen LogP contribution is -2.30. The van der Waals surface area contributed by atoms with E-state index in [1.807, 2.05) is 24.5 Å². The van der Waals surface area contributed by atoms with Gasteiger partial charge in [0, 0.05) is 18.3 Å². The molecule has 2 atom stereocenters. The number of rotatable bonds is 4. The first-order chi connectivity index (χ1) is 11.3. The summed E-state index contributed by atoms with van der Waals surface area (Å²) in [5.41, 5.74) is 7.65. The van der Waals surface area contributed by atoms with Gasteiger partial charge in [-0.1, -0.05) is 0 Å². The highest BCUT2D eigenvalue weighted by Gasteiger charge is 2.29. The summed E-state index contributed by atoms with van der Waals surface area (Å²) in [5.74, 6) is 1.26. The molecule has 0 saturated carbocycles. The highest BCUT2D eigenvalue weighted by molar-refractivity contribution is 5.86. The van der Waals surface area contributed by atoms with Gasteiger partial charge in [0.15, 0.2) is 5.65 Å². The molecular weight excluding hydrogens is 294 g/mol. The van der Waals surface area contributed by atoms with Gasteiger partial charge in [0.05, 0.1) is 30.8 Å². The number of nitrogens with zero attached hydrogens (tertiary/aromatic N) is 4. The van der Waals surface area contributed by atoms with Crippen LogP contribution in [-0.4, -0.2) is 44.4 Å². The topological polar surface area (TPSA) is 115 Å². The molecule has 0 radical (unpaired) electrons. The van der Waals surface area contributed by atoms with E-state index in [1.54, 1.807) is 6.20 Å². The third-order valence-corrected chi connectivity index (χ3v) is 4.09. The minimum Gasteiger partial charge on any atom is -0.379 e. The molecule has 1 saturated heterocycles. The van der Waals surface area contributed by atoms with E-state index >= 15 is 0 Å². The van der Waals surface area contributed by atoms with Crippen LogP contribution in [0, 0.1) is 5.92 Å². The Kier molecular flexibility index (Phi) is 3.51. The fourth-order valence-electron chi connectivity index (χ4n) is 2.92. The fraction of sp³-hybridized carbons (Fsp3) is 0.333. The Hall–Kier alpha value is -2.74. The highest BCUT2D eigenvalue weighted by atomic mass is 16.5. The van der Waals surface area contributed by atoms with Gasteiger partial charge in [-0.05, 0) is 24.1 Å². The highest BCUT2D eigenvalue weighted by Crippen LogP contribution is 2.25. The van der Waals surface area contributed by atoms with Gasteiger partial charge in [0.2, 0.25) is 5.95 Å². The number of nitrogens with two attached hydrogens (primary N) is 1. The Bertz CT molecular complexity index is 804. The predicted octanol–water partition coefficient (Wildman–Crippen LogP) is 1.000. The number of nitrogen functional groups attached to an aromatic ring is 1. The molecule has 1 aliphatic rings. The third kappa shape index (κ3) is 2.80. The number of H-pyrrole nitrogens is 1. The van der Waals surface area contributed by atoms with E-state index in [4.69, 9.17) is 10.5 Å². The Morgan fingerprint density at radius 3 is 3.00 bits per heavy atom. The molecule has 4 heterocycles. The molecule has 0 aliphatic carbocycles. The van der Waals surface area contributed by atoms with E-state index in [0.717, 1.165) is 18.4 Å². The van der Waals surface area contributed by atoms with E-state index in [2.05, 4.69) is 30.5 Å². The summed E-state index contributed by atoms with van der Waals surface area (Å²) in [6.45, 7) is 1.36. The zero-order valence-corrected chi connectivity index (χ0v) is 12.4. The van der Waals surface area contributed by atoms with Crippen molar-refractivity contribution in [2.24, 2.45) is 5.92 Å². The van der Waals surface area contributed by atoms with E-state index in [-0.39, 0.29) is 12.0 Å². The van der Waals surface area contributed by atoms with Crippen LogP contribution in [0.5, 0.6) is 0 Å². The Morgan fingerprint density at radius 2 is 2.13 bits per heavy atom. The molecule has 3 aromatic heterocycles. The van der Waals surface area contributed by atoms with Gasteiger partial charge in [0.1, 0.15) is 5.82 Å². The summed E-state index contributed by atoms with van der Waals surface area (Å²) >= 11 is 0. The number of hydrogen-bond acceptors (Lipinski definition) is 7. The van der Waals surface area contributed by atoms with Crippen LogP contribution in [0.3, 0.4) is 0 Å². The molecule has 3 aromatic rings. The van der Waals surface area contributed by atoms with Gasteiger partial charge in [-0.2, -0.15) is 15.1 Å². The van der Waals surface area contributed by atoms with Crippen molar-refractivity contribution in [3.63, 3.8) is 0 Å². The van der Waals surface area contributed by atoms with Crippen LogP contribution in [0.25, 0.3) is 11.0 Å². The van der Waals surface area contributed by atoms with Gasteiger partial charge in [-0.25, -0.2) is 0 Å². The van der Waals surface area contributed by atoms with E-state index < -0.39 is 0 Å². The van der Waals surface area contributed by atoms with Gasteiger partial charge >= 0.3 is 0 Å². The number of fused-ring (bicyclic) bond motifs is 1. The van der Waals surface area contributed by atoms with Gasteiger partial charge in [-0.3, -0.25) is 10.1 Å². The van der Waals surface area contributed by atoms with E-state index in [1.165, 1.54) is 5.56 Å². The number of nitrogens with one attached hydrogen (secondary N) is 2. The van der Waals surface area contributed by atoms with Crippen LogP contribution < -0.4 is 11.1 Å². The van der Waals surface area contributed by atoms with Crippen LogP contribution in [0.1, 0.15) is 5.56 Å². The van der Waals surface area contributed by atoms with Crippen LogP contribution in [0.4, 0.5) is 11.8 Å². The first-order valence-electron chi connectivity index (χ1n) is 7.49. The molecule has 118 valence electrons. The second-order valence-corrected chi connectivity index (χ2v) is 5.67. The minimum absolute atomic E-state index is 0.163. The van der Waals surface area contributed by atoms with Crippen molar-refractivity contribution in [2.45, 2.75) is 12.5 Å². The molecule has 8 nitrogen and oxygen atoms in total. The summed E-state index contributed by atoms with van der Waals surface area (Å²) in [5, 5.41) is 11.1.